The average molecular weight is 300 g/mol. The van der Waals surface area contributed by atoms with Crippen molar-refractivity contribution in [3.8, 4) is 0 Å². The van der Waals surface area contributed by atoms with E-state index in [0.29, 0.717) is 0 Å². The quantitative estimate of drug-likeness (QED) is 0.872. The first-order valence-electron chi connectivity index (χ1n) is 6.28. The number of halogens is 2. The molecule has 1 aliphatic carbocycles. The van der Waals surface area contributed by atoms with Gasteiger partial charge in [0.2, 0.25) is 0 Å². The zero-order valence-corrected chi connectivity index (χ0v) is 11.8. The molecule has 17 heavy (non-hydrogen) atoms. The van der Waals surface area contributed by atoms with Crippen LogP contribution in [0.15, 0.2) is 22.7 Å². The van der Waals surface area contributed by atoms with Crippen LogP contribution in [0.1, 0.15) is 44.6 Å². The Morgan fingerprint density at radius 1 is 1.29 bits per heavy atom. The van der Waals surface area contributed by atoms with Gasteiger partial charge < -0.3 is 5.32 Å². The first-order chi connectivity index (χ1) is 8.09. The lowest BCUT2D eigenvalue weighted by molar-refractivity contribution is 0.252. The maximum absolute atomic E-state index is 13.0. The third kappa shape index (κ3) is 3.52. The maximum atomic E-state index is 13.0. The highest BCUT2D eigenvalue weighted by molar-refractivity contribution is 9.10. The first-order valence-corrected chi connectivity index (χ1v) is 7.07. The SMILES string of the molecule is CC1(NCc2ccc(F)cc2Br)CCCCC1. The van der Waals surface area contributed by atoms with Gasteiger partial charge in [-0.1, -0.05) is 41.3 Å². The van der Waals surface area contributed by atoms with Crippen LogP contribution >= 0.6 is 15.9 Å². The second-order valence-corrected chi connectivity index (χ2v) is 6.06. The van der Waals surface area contributed by atoms with E-state index in [1.54, 1.807) is 0 Å². The maximum Gasteiger partial charge on any atom is 0.124 e. The summed E-state index contributed by atoms with van der Waals surface area (Å²) in [4.78, 5) is 0. The minimum Gasteiger partial charge on any atom is -0.307 e. The molecule has 0 aliphatic heterocycles. The van der Waals surface area contributed by atoms with Crippen molar-refractivity contribution in [2.45, 2.75) is 51.1 Å². The van der Waals surface area contributed by atoms with Gasteiger partial charge in [-0.05, 0) is 37.5 Å². The Labute approximate surface area is 111 Å². The molecular formula is C14H19BrFN. The zero-order valence-electron chi connectivity index (χ0n) is 10.2. The van der Waals surface area contributed by atoms with E-state index >= 15 is 0 Å². The van der Waals surface area contributed by atoms with Gasteiger partial charge in [0.05, 0.1) is 0 Å². The Morgan fingerprint density at radius 2 is 2.00 bits per heavy atom. The van der Waals surface area contributed by atoms with Crippen molar-refractivity contribution in [1.82, 2.24) is 5.32 Å². The van der Waals surface area contributed by atoms with Crippen LogP contribution in [0.2, 0.25) is 0 Å². The largest absolute Gasteiger partial charge is 0.307 e. The van der Waals surface area contributed by atoms with Gasteiger partial charge in [0.15, 0.2) is 0 Å². The molecule has 0 spiro atoms. The lowest BCUT2D eigenvalue weighted by Crippen LogP contribution is -2.43. The molecule has 0 atom stereocenters. The van der Waals surface area contributed by atoms with Crippen molar-refractivity contribution in [3.63, 3.8) is 0 Å². The molecule has 2 rings (SSSR count). The fourth-order valence-electron chi connectivity index (χ4n) is 2.48. The van der Waals surface area contributed by atoms with Gasteiger partial charge >= 0.3 is 0 Å². The van der Waals surface area contributed by atoms with E-state index in [4.69, 9.17) is 0 Å². The third-order valence-corrected chi connectivity index (χ3v) is 4.42. The highest BCUT2D eigenvalue weighted by Crippen LogP contribution is 2.28. The minimum atomic E-state index is -0.190. The van der Waals surface area contributed by atoms with Crippen molar-refractivity contribution in [2.24, 2.45) is 0 Å². The van der Waals surface area contributed by atoms with Gasteiger partial charge in [-0.2, -0.15) is 0 Å². The van der Waals surface area contributed by atoms with Crippen molar-refractivity contribution < 1.29 is 4.39 Å². The molecule has 1 aliphatic rings. The molecule has 0 heterocycles. The average Bonchev–Trinajstić information content (AvgIpc) is 2.29. The number of rotatable bonds is 3. The lowest BCUT2D eigenvalue weighted by atomic mass is 9.83. The molecule has 1 aromatic rings. The smallest absolute Gasteiger partial charge is 0.124 e. The van der Waals surface area contributed by atoms with E-state index in [0.717, 1.165) is 16.6 Å². The number of benzene rings is 1. The van der Waals surface area contributed by atoms with Gasteiger partial charge in [0.25, 0.3) is 0 Å². The fourth-order valence-corrected chi connectivity index (χ4v) is 2.97. The summed E-state index contributed by atoms with van der Waals surface area (Å²) in [5.74, 6) is -0.190. The molecule has 94 valence electrons. The van der Waals surface area contributed by atoms with Crippen molar-refractivity contribution >= 4 is 15.9 Å². The number of nitrogens with one attached hydrogen (secondary N) is 1. The van der Waals surface area contributed by atoms with E-state index in [-0.39, 0.29) is 11.4 Å². The molecule has 1 nitrogen and oxygen atoms in total. The van der Waals surface area contributed by atoms with E-state index in [9.17, 15) is 4.39 Å². The van der Waals surface area contributed by atoms with Gasteiger partial charge in [0.1, 0.15) is 5.82 Å². The van der Waals surface area contributed by atoms with Gasteiger partial charge in [0, 0.05) is 16.6 Å². The lowest BCUT2D eigenvalue weighted by Gasteiger charge is -2.35. The molecule has 0 saturated heterocycles. The van der Waals surface area contributed by atoms with Gasteiger partial charge in [-0.25, -0.2) is 4.39 Å². The summed E-state index contributed by atoms with van der Waals surface area (Å²) in [5, 5.41) is 3.62. The highest BCUT2D eigenvalue weighted by Gasteiger charge is 2.25. The molecule has 0 bridgehead atoms. The van der Waals surface area contributed by atoms with E-state index in [1.165, 1.54) is 44.2 Å². The highest BCUT2D eigenvalue weighted by atomic mass is 79.9. The second kappa shape index (κ2) is 5.49. The molecule has 1 fully saturated rings. The summed E-state index contributed by atoms with van der Waals surface area (Å²) in [6.45, 7) is 3.10. The van der Waals surface area contributed by atoms with E-state index < -0.39 is 0 Å². The number of hydrogen-bond acceptors (Lipinski definition) is 1. The summed E-state index contributed by atoms with van der Waals surface area (Å²) in [7, 11) is 0. The zero-order chi connectivity index (χ0) is 12.3. The minimum absolute atomic E-state index is 0.190. The van der Waals surface area contributed by atoms with Crippen LogP contribution in [0.4, 0.5) is 4.39 Å². The monoisotopic (exact) mass is 299 g/mol. The fraction of sp³-hybridized carbons (Fsp3) is 0.571. The molecule has 0 unspecified atom stereocenters. The molecule has 0 radical (unpaired) electrons. The van der Waals surface area contributed by atoms with Crippen LogP contribution in [-0.2, 0) is 6.54 Å². The van der Waals surface area contributed by atoms with E-state index in [2.05, 4.69) is 28.2 Å². The molecule has 0 amide bonds. The summed E-state index contributed by atoms with van der Waals surface area (Å²) in [5.41, 5.74) is 1.38. The van der Waals surface area contributed by atoms with Crippen LogP contribution in [0.25, 0.3) is 0 Å². The summed E-state index contributed by atoms with van der Waals surface area (Å²) in [6.07, 6.45) is 6.47. The summed E-state index contributed by atoms with van der Waals surface area (Å²) in [6, 6.07) is 4.89. The van der Waals surface area contributed by atoms with Crippen LogP contribution in [-0.4, -0.2) is 5.54 Å². The van der Waals surface area contributed by atoms with Crippen LogP contribution in [0, 0.1) is 5.82 Å². The van der Waals surface area contributed by atoms with Crippen molar-refractivity contribution in [1.29, 1.82) is 0 Å². The summed E-state index contributed by atoms with van der Waals surface area (Å²) < 4.78 is 13.8. The Hall–Kier alpha value is -0.410. The molecule has 3 heteroatoms. The Bertz CT molecular complexity index is 386. The van der Waals surface area contributed by atoms with Gasteiger partial charge in [-0.15, -0.1) is 0 Å². The van der Waals surface area contributed by atoms with Crippen molar-refractivity contribution in [2.75, 3.05) is 0 Å². The standard InChI is InChI=1S/C14H19BrFN/c1-14(7-3-2-4-8-14)17-10-11-5-6-12(16)9-13(11)15/h5-6,9,17H,2-4,7-8,10H2,1H3. The predicted octanol–water partition coefficient (Wildman–Crippen LogP) is 4.40. The van der Waals surface area contributed by atoms with Crippen LogP contribution in [0.5, 0.6) is 0 Å². The Balaban J connectivity index is 1.97. The van der Waals surface area contributed by atoms with E-state index in [1.807, 2.05) is 6.07 Å². The molecular weight excluding hydrogens is 281 g/mol. The second-order valence-electron chi connectivity index (χ2n) is 5.21. The van der Waals surface area contributed by atoms with Crippen LogP contribution < -0.4 is 5.32 Å². The first kappa shape index (κ1) is 13.0. The van der Waals surface area contributed by atoms with Crippen LogP contribution in [0.3, 0.4) is 0 Å². The summed E-state index contributed by atoms with van der Waals surface area (Å²) >= 11 is 3.41. The molecule has 0 aromatic heterocycles. The van der Waals surface area contributed by atoms with Crippen molar-refractivity contribution in [3.05, 3.63) is 34.1 Å². The molecule has 1 aromatic carbocycles. The Kier molecular flexibility index (Phi) is 4.21. The topological polar surface area (TPSA) is 12.0 Å². The molecule has 1 saturated carbocycles. The normalized spacial score (nSPS) is 19.2. The Morgan fingerprint density at radius 3 is 2.65 bits per heavy atom. The predicted molar refractivity (Wildman–Crippen MR) is 72.4 cm³/mol. The molecule has 1 N–H and O–H groups in total. The third-order valence-electron chi connectivity index (χ3n) is 3.68. The van der Waals surface area contributed by atoms with Gasteiger partial charge in [-0.3, -0.25) is 0 Å². The number of hydrogen-bond donors (Lipinski definition) is 1.